The summed E-state index contributed by atoms with van der Waals surface area (Å²) in [5.74, 6) is 0.783. The fraction of sp³-hybridized carbons (Fsp3) is 0.571. The van der Waals surface area contributed by atoms with Gasteiger partial charge in [0.15, 0.2) is 0 Å². The Balaban J connectivity index is 2.58. The third-order valence-electron chi connectivity index (χ3n) is 2.68. The molecule has 18 heavy (non-hydrogen) atoms. The molecule has 0 saturated carbocycles. The maximum Gasteiger partial charge on any atom is 0.124 e. The SMILES string of the molecule is COCCCOCc1cc(C(C)O)ccc1OC. The molecule has 0 aliphatic carbocycles. The minimum Gasteiger partial charge on any atom is -0.496 e. The monoisotopic (exact) mass is 254 g/mol. The van der Waals surface area contributed by atoms with E-state index in [9.17, 15) is 5.11 Å². The highest BCUT2D eigenvalue weighted by Crippen LogP contribution is 2.24. The standard InChI is InChI=1S/C14H22O4/c1-11(15)12-5-6-14(17-3)13(9-12)10-18-8-4-7-16-2/h5-6,9,11,15H,4,7-8,10H2,1-3H3. The molecule has 0 aliphatic rings. The topological polar surface area (TPSA) is 47.9 Å². The van der Waals surface area contributed by atoms with Gasteiger partial charge in [-0.1, -0.05) is 6.07 Å². The van der Waals surface area contributed by atoms with Gasteiger partial charge < -0.3 is 19.3 Å². The zero-order valence-electron chi connectivity index (χ0n) is 11.3. The second-order valence-electron chi connectivity index (χ2n) is 4.15. The summed E-state index contributed by atoms with van der Waals surface area (Å²) in [6, 6.07) is 5.63. The number of hydrogen-bond acceptors (Lipinski definition) is 4. The first-order chi connectivity index (χ1) is 8.69. The van der Waals surface area contributed by atoms with Crippen molar-refractivity contribution in [3.8, 4) is 5.75 Å². The van der Waals surface area contributed by atoms with E-state index in [1.54, 1.807) is 21.1 Å². The number of hydrogen-bond donors (Lipinski definition) is 1. The second kappa shape index (κ2) is 8.08. The molecule has 0 fully saturated rings. The van der Waals surface area contributed by atoms with E-state index in [0.29, 0.717) is 19.8 Å². The van der Waals surface area contributed by atoms with Gasteiger partial charge in [-0.2, -0.15) is 0 Å². The van der Waals surface area contributed by atoms with Crippen LogP contribution in [0, 0.1) is 0 Å². The first-order valence-electron chi connectivity index (χ1n) is 6.10. The lowest BCUT2D eigenvalue weighted by molar-refractivity contribution is 0.0915. The normalized spacial score (nSPS) is 12.4. The summed E-state index contributed by atoms with van der Waals surface area (Å²) >= 11 is 0. The molecular weight excluding hydrogens is 232 g/mol. The van der Waals surface area contributed by atoms with Crippen LogP contribution >= 0.6 is 0 Å². The Labute approximate surface area is 108 Å². The molecule has 4 nitrogen and oxygen atoms in total. The van der Waals surface area contributed by atoms with E-state index in [0.717, 1.165) is 23.3 Å². The Morgan fingerprint density at radius 3 is 2.61 bits per heavy atom. The van der Waals surface area contributed by atoms with E-state index in [1.165, 1.54) is 0 Å². The summed E-state index contributed by atoms with van der Waals surface area (Å²) < 4.78 is 15.8. The van der Waals surface area contributed by atoms with Crippen LogP contribution in [0.2, 0.25) is 0 Å². The average Bonchev–Trinajstić information content (AvgIpc) is 2.38. The lowest BCUT2D eigenvalue weighted by Crippen LogP contribution is -2.02. The van der Waals surface area contributed by atoms with E-state index < -0.39 is 6.10 Å². The molecule has 0 aliphatic heterocycles. The summed E-state index contributed by atoms with van der Waals surface area (Å²) in [5.41, 5.74) is 1.82. The van der Waals surface area contributed by atoms with E-state index >= 15 is 0 Å². The van der Waals surface area contributed by atoms with Gasteiger partial charge >= 0.3 is 0 Å². The Morgan fingerprint density at radius 2 is 2.00 bits per heavy atom. The van der Waals surface area contributed by atoms with Crippen molar-refractivity contribution in [1.82, 2.24) is 0 Å². The van der Waals surface area contributed by atoms with Gasteiger partial charge in [0.25, 0.3) is 0 Å². The highest BCUT2D eigenvalue weighted by molar-refractivity contribution is 5.37. The van der Waals surface area contributed by atoms with Crippen molar-refractivity contribution in [3.05, 3.63) is 29.3 Å². The molecule has 1 rings (SSSR count). The molecule has 0 aromatic heterocycles. The Bertz CT molecular complexity index is 350. The summed E-state index contributed by atoms with van der Waals surface area (Å²) in [4.78, 5) is 0. The van der Waals surface area contributed by atoms with Crippen molar-refractivity contribution in [2.75, 3.05) is 27.4 Å². The lowest BCUT2D eigenvalue weighted by Gasteiger charge is -2.12. The minimum atomic E-state index is -0.483. The largest absolute Gasteiger partial charge is 0.496 e. The van der Waals surface area contributed by atoms with Crippen LogP contribution in [-0.2, 0) is 16.1 Å². The highest BCUT2D eigenvalue weighted by atomic mass is 16.5. The lowest BCUT2D eigenvalue weighted by atomic mass is 10.1. The Kier molecular flexibility index (Phi) is 6.72. The van der Waals surface area contributed by atoms with Crippen molar-refractivity contribution in [2.45, 2.75) is 26.1 Å². The van der Waals surface area contributed by atoms with Crippen molar-refractivity contribution in [2.24, 2.45) is 0 Å². The van der Waals surface area contributed by atoms with Crippen LogP contribution in [0.15, 0.2) is 18.2 Å². The van der Waals surface area contributed by atoms with Crippen molar-refractivity contribution in [1.29, 1.82) is 0 Å². The molecule has 0 heterocycles. The molecule has 1 atom stereocenters. The van der Waals surface area contributed by atoms with Crippen LogP contribution in [0.5, 0.6) is 5.75 Å². The minimum absolute atomic E-state index is 0.480. The average molecular weight is 254 g/mol. The maximum absolute atomic E-state index is 9.56. The van der Waals surface area contributed by atoms with Crippen LogP contribution < -0.4 is 4.74 Å². The van der Waals surface area contributed by atoms with Crippen LogP contribution in [0.3, 0.4) is 0 Å². The van der Waals surface area contributed by atoms with Gasteiger partial charge in [0.05, 0.1) is 19.8 Å². The smallest absolute Gasteiger partial charge is 0.124 e. The van der Waals surface area contributed by atoms with Gasteiger partial charge in [0.1, 0.15) is 5.75 Å². The number of aliphatic hydroxyl groups excluding tert-OH is 1. The van der Waals surface area contributed by atoms with Crippen LogP contribution in [0.1, 0.15) is 30.6 Å². The van der Waals surface area contributed by atoms with Crippen LogP contribution in [-0.4, -0.2) is 32.5 Å². The van der Waals surface area contributed by atoms with Crippen LogP contribution in [0.4, 0.5) is 0 Å². The van der Waals surface area contributed by atoms with Gasteiger partial charge in [0, 0.05) is 25.9 Å². The summed E-state index contributed by atoms with van der Waals surface area (Å²) in [6.45, 7) is 3.57. The molecule has 102 valence electrons. The van der Waals surface area contributed by atoms with Gasteiger partial charge in [-0.05, 0) is 31.0 Å². The van der Waals surface area contributed by atoms with Crippen molar-refractivity contribution >= 4 is 0 Å². The summed E-state index contributed by atoms with van der Waals surface area (Å²) in [5, 5.41) is 9.56. The van der Waals surface area contributed by atoms with Crippen molar-refractivity contribution < 1.29 is 19.3 Å². The Morgan fingerprint density at radius 1 is 1.22 bits per heavy atom. The number of rotatable bonds is 8. The maximum atomic E-state index is 9.56. The zero-order valence-corrected chi connectivity index (χ0v) is 11.3. The quantitative estimate of drug-likeness (QED) is 0.723. The van der Waals surface area contributed by atoms with E-state index in [4.69, 9.17) is 14.2 Å². The molecule has 1 aromatic carbocycles. The van der Waals surface area contributed by atoms with E-state index in [2.05, 4.69) is 0 Å². The Hall–Kier alpha value is -1.10. The first-order valence-corrected chi connectivity index (χ1v) is 6.10. The van der Waals surface area contributed by atoms with Gasteiger partial charge in [-0.25, -0.2) is 0 Å². The fourth-order valence-electron chi connectivity index (χ4n) is 1.66. The number of benzene rings is 1. The molecule has 1 N–H and O–H groups in total. The molecule has 1 aromatic rings. The third-order valence-corrected chi connectivity index (χ3v) is 2.68. The predicted molar refractivity (Wildman–Crippen MR) is 69.8 cm³/mol. The van der Waals surface area contributed by atoms with E-state index in [-0.39, 0.29) is 0 Å². The molecule has 0 amide bonds. The summed E-state index contributed by atoms with van der Waals surface area (Å²) in [6.07, 6.45) is 0.387. The van der Waals surface area contributed by atoms with E-state index in [1.807, 2.05) is 18.2 Å². The second-order valence-corrected chi connectivity index (χ2v) is 4.15. The molecule has 4 heteroatoms. The number of methoxy groups -OCH3 is 2. The molecule has 0 spiro atoms. The van der Waals surface area contributed by atoms with Gasteiger partial charge in [-0.15, -0.1) is 0 Å². The predicted octanol–water partition coefficient (Wildman–Crippen LogP) is 2.30. The number of aliphatic hydroxyl groups is 1. The van der Waals surface area contributed by atoms with Crippen molar-refractivity contribution in [3.63, 3.8) is 0 Å². The highest BCUT2D eigenvalue weighted by Gasteiger charge is 2.07. The van der Waals surface area contributed by atoms with Gasteiger partial charge in [-0.3, -0.25) is 0 Å². The molecule has 0 radical (unpaired) electrons. The summed E-state index contributed by atoms with van der Waals surface area (Å²) in [7, 11) is 3.31. The molecule has 1 unspecified atom stereocenters. The third kappa shape index (κ3) is 4.64. The van der Waals surface area contributed by atoms with Crippen LogP contribution in [0.25, 0.3) is 0 Å². The molecular formula is C14H22O4. The zero-order chi connectivity index (χ0) is 13.4. The fourth-order valence-corrected chi connectivity index (χ4v) is 1.66. The van der Waals surface area contributed by atoms with Gasteiger partial charge in [0.2, 0.25) is 0 Å². The molecule has 0 saturated heterocycles. The first kappa shape index (κ1) is 15.0. The molecule has 0 bridgehead atoms. The number of ether oxygens (including phenoxy) is 3.